The van der Waals surface area contributed by atoms with E-state index >= 15 is 0 Å². The van der Waals surface area contributed by atoms with Crippen molar-refractivity contribution in [2.75, 3.05) is 26.3 Å². The molecule has 2 aromatic rings. The molecule has 0 aromatic heterocycles. The van der Waals surface area contributed by atoms with E-state index < -0.39 is 10.0 Å². The van der Waals surface area contributed by atoms with Gasteiger partial charge < -0.3 is 9.64 Å². The average Bonchev–Trinajstić information content (AvgIpc) is 2.62. The molecular formula is C17H18N2O3S. The zero-order valence-electron chi connectivity index (χ0n) is 12.6. The normalized spacial score (nSPS) is 16.3. The van der Waals surface area contributed by atoms with Gasteiger partial charge in [-0.3, -0.25) is 0 Å². The van der Waals surface area contributed by atoms with Crippen LogP contribution >= 0.6 is 0 Å². The van der Waals surface area contributed by atoms with Crippen LogP contribution in [-0.4, -0.2) is 45.5 Å². The van der Waals surface area contributed by atoms with E-state index in [0.29, 0.717) is 32.1 Å². The Morgan fingerprint density at radius 1 is 0.913 bits per heavy atom. The number of hydrogen-bond acceptors (Lipinski definition) is 3. The van der Waals surface area contributed by atoms with Crippen LogP contribution in [0.5, 0.6) is 0 Å². The molecule has 0 unspecified atom stereocenters. The van der Waals surface area contributed by atoms with Crippen molar-refractivity contribution in [2.45, 2.75) is 4.90 Å². The van der Waals surface area contributed by atoms with Crippen LogP contribution < -0.4 is 0 Å². The van der Waals surface area contributed by atoms with Gasteiger partial charge in [-0.2, -0.15) is 8.42 Å². The number of morpholine rings is 1. The molecule has 5 nitrogen and oxygen atoms in total. The third-order valence-corrected chi connectivity index (χ3v) is 4.87. The molecule has 0 N–H and O–H groups in total. The molecule has 0 aliphatic carbocycles. The SMILES string of the molecule is O=S(=O)(/N=C(/c1ccccc1)N1CCOCC1)c1ccccc1. The summed E-state index contributed by atoms with van der Waals surface area (Å²) in [6.07, 6.45) is 0. The Kier molecular flexibility index (Phi) is 4.73. The Labute approximate surface area is 136 Å². The molecule has 1 aliphatic heterocycles. The fraction of sp³-hybridized carbons (Fsp3) is 0.235. The molecule has 0 amide bonds. The molecule has 1 fully saturated rings. The largest absolute Gasteiger partial charge is 0.378 e. The van der Waals surface area contributed by atoms with Gasteiger partial charge in [0.05, 0.1) is 18.1 Å². The second kappa shape index (κ2) is 6.93. The van der Waals surface area contributed by atoms with Crippen LogP contribution in [0.4, 0.5) is 0 Å². The van der Waals surface area contributed by atoms with Gasteiger partial charge in [-0.25, -0.2) is 0 Å². The number of ether oxygens (including phenoxy) is 1. The lowest BCUT2D eigenvalue weighted by Gasteiger charge is -2.29. The van der Waals surface area contributed by atoms with Gasteiger partial charge in [0, 0.05) is 18.7 Å². The van der Waals surface area contributed by atoms with E-state index in [0.717, 1.165) is 5.56 Å². The van der Waals surface area contributed by atoms with Crippen molar-refractivity contribution in [1.82, 2.24) is 4.90 Å². The minimum Gasteiger partial charge on any atom is -0.378 e. The molecule has 1 aliphatic rings. The summed E-state index contributed by atoms with van der Waals surface area (Å²) in [5.41, 5.74) is 0.786. The first-order chi connectivity index (χ1) is 11.2. The number of amidine groups is 1. The molecule has 3 rings (SSSR count). The fourth-order valence-corrected chi connectivity index (χ4v) is 3.47. The number of rotatable bonds is 3. The molecular weight excluding hydrogens is 312 g/mol. The summed E-state index contributed by atoms with van der Waals surface area (Å²) < 4.78 is 34.7. The maximum atomic E-state index is 12.6. The van der Waals surface area contributed by atoms with Crippen molar-refractivity contribution >= 4 is 15.9 Å². The molecule has 2 aromatic carbocycles. The van der Waals surface area contributed by atoms with Crippen molar-refractivity contribution in [3.05, 3.63) is 66.2 Å². The summed E-state index contributed by atoms with van der Waals surface area (Å²) in [5, 5.41) is 0. The van der Waals surface area contributed by atoms with E-state index in [2.05, 4.69) is 4.40 Å². The lowest BCUT2D eigenvalue weighted by atomic mass is 10.2. The van der Waals surface area contributed by atoms with E-state index in [1.54, 1.807) is 30.3 Å². The highest BCUT2D eigenvalue weighted by molar-refractivity contribution is 7.90. The van der Waals surface area contributed by atoms with Crippen molar-refractivity contribution in [3.63, 3.8) is 0 Å². The molecule has 23 heavy (non-hydrogen) atoms. The predicted octanol–water partition coefficient (Wildman–Crippen LogP) is 2.15. The van der Waals surface area contributed by atoms with Gasteiger partial charge in [0.25, 0.3) is 10.0 Å². The third-order valence-electron chi connectivity index (χ3n) is 3.59. The van der Waals surface area contributed by atoms with E-state index in [1.165, 1.54) is 0 Å². The topological polar surface area (TPSA) is 59.0 Å². The Morgan fingerprint density at radius 3 is 2.09 bits per heavy atom. The quantitative estimate of drug-likeness (QED) is 0.639. The maximum Gasteiger partial charge on any atom is 0.284 e. The molecule has 6 heteroatoms. The third kappa shape index (κ3) is 3.78. The van der Waals surface area contributed by atoms with E-state index in [4.69, 9.17) is 4.74 Å². The second-order valence-electron chi connectivity index (χ2n) is 5.17. The number of nitrogens with zero attached hydrogens (tertiary/aromatic N) is 2. The molecule has 1 saturated heterocycles. The minimum absolute atomic E-state index is 0.196. The van der Waals surface area contributed by atoms with Crippen LogP contribution in [0, 0.1) is 0 Å². The molecule has 120 valence electrons. The first-order valence-corrected chi connectivity index (χ1v) is 8.89. The fourth-order valence-electron chi connectivity index (χ4n) is 2.41. The van der Waals surface area contributed by atoms with E-state index in [9.17, 15) is 8.42 Å². The number of benzene rings is 2. The molecule has 1 heterocycles. The van der Waals surface area contributed by atoms with Gasteiger partial charge in [0.15, 0.2) is 0 Å². The van der Waals surface area contributed by atoms with Crippen LogP contribution in [0.3, 0.4) is 0 Å². The van der Waals surface area contributed by atoms with Gasteiger partial charge in [-0.05, 0) is 12.1 Å². The first-order valence-electron chi connectivity index (χ1n) is 7.45. The minimum atomic E-state index is -3.75. The summed E-state index contributed by atoms with van der Waals surface area (Å²) in [6.45, 7) is 2.38. The van der Waals surface area contributed by atoms with Crippen LogP contribution in [0.25, 0.3) is 0 Å². The lowest BCUT2D eigenvalue weighted by molar-refractivity contribution is 0.0683. The highest BCUT2D eigenvalue weighted by Gasteiger charge is 2.21. The zero-order chi connectivity index (χ0) is 16.1. The highest BCUT2D eigenvalue weighted by Crippen LogP contribution is 2.16. The van der Waals surface area contributed by atoms with E-state index in [1.807, 2.05) is 35.2 Å². The van der Waals surface area contributed by atoms with E-state index in [-0.39, 0.29) is 4.90 Å². The van der Waals surface area contributed by atoms with Gasteiger partial charge in [0.2, 0.25) is 0 Å². The maximum absolute atomic E-state index is 12.6. The summed E-state index contributed by atoms with van der Waals surface area (Å²) in [5.74, 6) is 0.470. The smallest absolute Gasteiger partial charge is 0.284 e. The van der Waals surface area contributed by atoms with Crippen molar-refractivity contribution in [2.24, 2.45) is 4.40 Å². The van der Waals surface area contributed by atoms with Crippen LogP contribution in [-0.2, 0) is 14.8 Å². The van der Waals surface area contributed by atoms with Gasteiger partial charge >= 0.3 is 0 Å². The van der Waals surface area contributed by atoms with Gasteiger partial charge in [-0.1, -0.05) is 48.5 Å². The summed E-state index contributed by atoms with van der Waals surface area (Å²) in [4.78, 5) is 2.15. The molecule has 0 atom stereocenters. The van der Waals surface area contributed by atoms with Gasteiger partial charge in [0.1, 0.15) is 5.84 Å². The Balaban J connectivity index is 2.04. The van der Waals surface area contributed by atoms with Crippen LogP contribution in [0.2, 0.25) is 0 Å². The predicted molar refractivity (Wildman–Crippen MR) is 89.0 cm³/mol. The van der Waals surface area contributed by atoms with Crippen LogP contribution in [0.1, 0.15) is 5.56 Å². The first kappa shape index (κ1) is 15.7. The number of sulfonamides is 1. The van der Waals surface area contributed by atoms with Crippen molar-refractivity contribution < 1.29 is 13.2 Å². The van der Waals surface area contributed by atoms with Crippen LogP contribution in [0.15, 0.2) is 70.0 Å². The Hall–Kier alpha value is -2.18. The summed E-state index contributed by atoms with van der Waals surface area (Å²) >= 11 is 0. The zero-order valence-corrected chi connectivity index (χ0v) is 13.4. The van der Waals surface area contributed by atoms with Crippen molar-refractivity contribution in [3.8, 4) is 0 Å². The second-order valence-corrected chi connectivity index (χ2v) is 6.77. The highest BCUT2D eigenvalue weighted by atomic mass is 32.2. The van der Waals surface area contributed by atoms with Crippen molar-refractivity contribution in [1.29, 1.82) is 0 Å². The monoisotopic (exact) mass is 330 g/mol. The molecule has 0 radical (unpaired) electrons. The molecule has 0 saturated carbocycles. The molecule has 0 bridgehead atoms. The molecule has 0 spiro atoms. The lowest BCUT2D eigenvalue weighted by Crippen LogP contribution is -2.41. The number of hydrogen-bond donors (Lipinski definition) is 0. The average molecular weight is 330 g/mol. The Morgan fingerprint density at radius 2 is 1.48 bits per heavy atom. The summed E-state index contributed by atoms with van der Waals surface area (Å²) in [6, 6.07) is 17.7. The summed E-state index contributed by atoms with van der Waals surface area (Å²) in [7, 11) is -3.75. The Bertz CT molecular complexity index is 768. The van der Waals surface area contributed by atoms with Gasteiger partial charge in [-0.15, -0.1) is 4.40 Å². The standard InChI is InChI=1S/C17H18N2O3S/c20-23(21,16-9-5-2-6-10-16)18-17(15-7-3-1-4-8-15)19-11-13-22-14-12-19/h1-10H,11-14H2/b18-17-.